The first kappa shape index (κ1) is 17.3. The first-order chi connectivity index (χ1) is 13.1. The largest absolute Gasteiger partial charge is 0.459 e. The van der Waals surface area contributed by atoms with Crippen molar-refractivity contribution in [2.24, 2.45) is 0 Å². The summed E-state index contributed by atoms with van der Waals surface area (Å²) in [7, 11) is 0. The third-order valence-electron chi connectivity index (χ3n) is 5.13. The average molecular weight is 361 g/mol. The number of nitrogens with zero attached hydrogens (tertiary/aromatic N) is 2. The molecule has 0 saturated carbocycles. The van der Waals surface area contributed by atoms with Gasteiger partial charge in [-0.3, -0.25) is 9.48 Å². The summed E-state index contributed by atoms with van der Waals surface area (Å²) in [5.41, 5.74) is 4.73. The number of aryl methyl sites for hydroxylation is 1. The van der Waals surface area contributed by atoms with Gasteiger partial charge in [0, 0.05) is 23.2 Å². The maximum Gasteiger partial charge on any atom is 0.287 e. The Kier molecular flexibility index (Phi) is 4.67. The van der Waals surface area contributed by atoms with Crippen LogP contribution in [0.4, 0.5) is 0 Å². The minimum atomic E-state index is -0.177. The second-order valence-electron chi connectivity index (χ2n) is 7.01. The number of allylic oxidation sites excluding steroid dienone is 1. The molecule has 1 aliphatic carbocycles. The van der Waals surface area contributed by atoms with Gasteiger partial charge in [0.2, 0.25) is 0 Å². The molecule has 0 radical (unpaired) electrons. The molecule has 0 unspecified atom stereocenters. The van der Waals surface area contributed by atoms with E-state index in [0.29, 0.717) is 5.76 Å². The number of hydrogen-bond acceptors (Lipinski definition) is 3. The number of rotatable bonds is 5. The topological polar surface area (TPSA) is 60.1 Å². The number of furan rings is 1. The van der Waals surface area contributed by atoms with Gasteiger partial charge < -0.3 is 9.73 Å². The van der Waals surface area contributed by atoms with Crippen molar-refractivity contribution in [2.75, 3.05) is 0 Å². The molecule has 138 valence electrons. The number of amides is 1. The minimum Gasteiger partial charge on any atom is -0.459 e. The standard InChI is InChI=1S/C22H23N3O2/c1-15-21(16(2)25(24-15)14-17-7-4-3-5-8-17)18-10-11-19(13-18)23-22(26)20-9-6-12-27-20/h3-12,18-19H,13-14H2,1-2H3,(H,23,26)/t18-,19-/m1/s1. The predicted octanol–water partition coefficient (Wildman–Crippen LogP) is 3.98. The predicted molar refractivity (Wildman–Crippen MR) is 104 cm³/mol. The molecule has 2 aromatic heterocycles. The molecule has 1 amide bonds. The van der Waals surface area contributed by atoms with E-state index in [-0.39, 0.29) is 17.9 Å². The number of hydrogen-bond donors (Lipinski definition) is 1. The van der Waals surface area contributed by atoms with Crippen molar-refractivity contribution in [3.63, 3.8) is 0 Å². The monoisotopic (exact) mass is 361 g/mol. The Morgan fingerprint density at radius 2 is 2.00 bits per heavy atom. The molecule has 1 aromatic carbocycles. The normalized spacial score (nSPS) is 18.7. The summed E-state index contributed by atoms with van der Waals surface area (Å²) in [6, 6.07) is 13.8. The van der Waals surface area contributed by atoms with Gasteiger partial charge in [-0.1, -0.05) is 42.5 Å². The number of nitrogens with one attached hydrogen (secondary N) is 1. The van der Waals surface area contributed by atoms with Crippen molar-refractivity contribution in [1.29, 1.82) is 0 Å². The summed E-state index contributed by atoms with van der Waals surface area (Å²) < 4.78 is 7.24. The molecule has 4 rings (SSSR count). The van der Waals surface area contributed by atoms with Crippen LogP contribution in [-0.4, -0.2) is 21.7 Å². The number of carbonyl (C=O) groups excluding carboxylic acids is 1. The van der Waals surface area contributed by atoms with Crippen LogP contribution in [0, 0.1) is 13.8 Å². The van der Waals surface area contributed by atoms with E-state index in [1.807, 2.05) is 18.2 Å². The van der Waals surface area contributed by atoms with Crippen molar-refractivity contribution >= 4 is 5.91 Å². The first-order valence-electron chi connectivity index (χ1n) is 9.22. The van der Waals surface area contributed by atoms with Crippen molar-refractivity contribution in [3.8, 4) is 0 Å². The third kappa shape index (κ3) is 3.58. The molecule has 2 heterocycles. The van der Waals surface area contributed by atoms with Crippen LogP contribution in [0.15, 0.2) is 65.3 Å². The molecule has 2 atom stereocenters. The molecule has 0 spiro atoms. The quantitative estimate of drug-likeness (QED) is 0.699. The lowest BCUT2D eigenvalue weighted by Gasteiger charge is -2.14. The maximum absolute atomic E-state index is 12.2. The Morgan fingerprint density at radius 1 is 1.19 bits per heavy atom. The van der Waals surface area contributed by atoms with Crippen LogP contribution >= 0.6 is 0 Å². The zero-order chi connectivity index (χ0) is 18.8. The van der Waals surface area contributed by atoms with Crippen LogP contribution in [0.25, 0.3) is 0 Å². The number of benzene rings is 1. The van der Waals surface area contributed by atoms with Gasteiger partial charge in [-0.2, -0.15) is 5.10 Å². The Labute approximate surface area is 158 Å². The Bertz CT molecular complexity index is 955. The second-order valence-corrected chi connectivity index (χ2v) is 7.01. The Morgan fingerprint density at radius 3 is 2.74 bits per heavy atom. The zero-order valence-corrected chi connectivity index (χ0v) is 15.6. The average Bonchev–Trinajstić information content (AvgIpc) is 3.38. The van der Waals surface area contributed by atoms with Gasteiger partial charge in [-0.15, -0.1) is 0 Å². The summed E-state index contributed by atoms with van der Waals surface area (Å²) in [6.07, 6.45) is 6.59. The SMILES string of the molecule is Cc1nn(Cc2ccccc2)c(C)c1[C@@H]1C=C[C@@H](NC(=O)c2ccco2)C1. The molecule has 0 saturated heterocycles. The lowest BCUT2D eigenvalue weighted by Crippen LogP contribution is -2.32. The van der Waals surface area contributed by atoms with Crippen LogP contribution in [0.5, 0.6) is 0 Å². The molecular formula is C22H23N3O2. The van der Waals surface area contributed by atoms with Gasteiger partial charge in [-0.05, 0) is 38.0 Å². The van der Waals surface area contributed by atoms with E-state index in [1.54, 1.807) is 12.1 Å². The van der Waals surface area contributed by atoms with E-state index in [0.717, 1.165) is 18.7 Å². The summed E-state index contributed by atoms with van der Waals surface area (Å²) in [6.45, 7) is 4.95. The first-order valence-corrected chi connectivity index (χ1v) is 9.22. The fourth-order valence-corrected chi connectivity index (χ4v) is 3.83. The van der Waals surface area contributed by atoms with Gasteiger partial charge in [0.15, 0.2) is 5.76 Å². The van der Waals surface area contributed by atoms with E-state index >= 15 is 0 Å². The van der Waals surface area contributed by atoms with Gasteiger partial charge in [0.25, 0.3) is 5.91 Å². The van der Waals surface area contributed by atoms with Crippen LogP contribution in [0.3, 0.4) is 0 Å². The van der Waals surface area contributed by atoms with E-state index in [2.05, 4.69) is 48.1 Å². The van der Waals surface area contributed by atoms with Gasteiger partial charge in [-0.25, -0.2) is 0 Å². The van der Waals surface area contributed by atoms with Gasteiger partial charge in [0.1, 0.15) is 0 Å². The van der Waals surface area contributed by atoms with Crippen molar-refractivity contribution in [1.82, 2.24) is 15.1 Å². The molecule has 5 nitrogen and oxygen atoms in total. The highest BCUT2D eigenvalue weighted by Crippen LogP contribution is 2.33. The summed E-state index contributed by atoms with van der Waals surface area (Å²) >= 11 is 0. The highest BCUT2D eigenvalue weighted by Gasteiger charge is 2.27. The molecule has 0 fully saturated rings. The third-order valence-corrected chi connectivity index (χ3v) is 5.13. The Balaban J connectivity index is 1.46. The van der Waals surface area contributed by atoms with Crippen LogP contribution in [-0.2, 0) is 6.54 Å². The minimum absolute atomic E-state index is 0.00359. The molecule has 5 heteroatoms. The van der Waals surface area contributed by atoms with E-state index in [9.17, 15) is 4.79 Å². The van der Waals surface area contributed by atoms with Crippen molar-refractivity contribution in [2.45, 2.75) is 38.8 Å². The molecule has 0 bridgehead atoms. The molecule has 0 aliphatic heterocycles. The van der Waals surface area contributed by atoms with Crippen LogP contribution in [0.1, 0.15) is 45.4 Å². The molecular weight excluding hydrogens is 338 g/mol. The molecule has 27 heavy (non-hydrogen) atoms. The number of carbonyl (C=O) groups is 1. The fourth-order valence-electron chi connectivity index (χ4n) is 3.83. The smallest absolute Gasteiger partial charge is 0.287 e. The van der Waals surface area contributed by atoms with Crippen LogP contribution < -0.4 is 5.32 Å². The molecule has 1 aliphatic rings. The molecule has 1 N–H and O–H groups in total. The fraction of sp³-hybridized carbons (Fsp3) is 0.273. The second kappa shape index (κ2) is 7.27. The highest BCUT2D eigenvalue weighted by atomic mass is 16.3. The van der Waals surface area contributed by atoms with Gasteiger partial charge >= 0.3 is 0 Å². The highest BCUT2D eigenvalue weighted by molar-refractivity contribution is 5.91. The summed E-state index contributed by atoms with van der Waals surface area (Å²) in [5.74, 6) is 0.426. The summed E-state index contributed by atoms with van der Waals surface area (Å²) in [5, 5.41) is 7.78. The maximum atomic E-state index is 12.2. The number of aromatic nitrogens is 2. The van der Waals surface area contributed by atoms with Gasteiger partial charge in [0.05, 0.1) is 18.5 Å². The zero-order valence-electron chi connectivity index (χ0n) is 15.6. The van der Waals surface area contributed by atoms with E-state index in [4.69, 9.17) is 9.52 Å². The Hall–Kier alpha value is -3.08. The lowest BCUT2D eigenvalue weighted by atomic mass is 9.96. The van der Waals surface area contributed by atoms with E-state index < -0.39 is 0 Å². The van der Waals surface area contributed by atoms with Crippen molar-refractivity contribution in [3.05, 3.63) is 89.2 Å². The van der Waals surface area contributed by atoms with Crippen LogP contribution in [0.2, 0.25) is 0 Å². The lowest BCUT2D eigenvalue weighted by molar-refractivity contribution is 0.0916. The van der Waals surface area contributed by atoms with Crippen molar-refractivity contribution < 1.29 is 9.21 Å². The summed E-state index contributed by atoms with van der Waals surface area (Å²) in [4.78, 5) is 12.2. The van der Waals surface area contributed by atoms with E-state index in [1.165, 1.54) is 23.1 Å². The molecule has 3 aromatic rings.